The molecule has 36 heavy (non-hydrogen) atoms. The molecule has 14 heteroatoms. The third-order valence-corrected chi connectivity index (χ3v) is 6.88. The van der Waals surface area contributed by atoms with Crippen molar-refractivity contribution in [3.05, 3.63) is 74.3 Å². The number of nitrogens with zero attached hydrogens (tertiary/aromatic N) is 4. The van der Waals surface area contributed by atoms with Gasteiger partial charge in [0.15, 0.2) is 11.6 Å². The van der Waals surface area contributed by atoms with Gasteiger partial charge in [-0.15, -0.1) is 11.3 Å². The Kier molecular flexibility index (Phi) is 7.38. The second-order valence-electron chi connectivity index (χ2n) is 7.56. The summed E-state index contributed by atoms with van der Waals surface area (Å²) in [5.74, 6) is -1.00. The van der Waals surface area contributed by atoms with Gasteiger partial charge in [0, 0.05) is 30.4 Å². The molecule has 3 aromatic heterocycles. The number of benzene rings is 1. The third kappa shape index (κ3) is 5.55. The first-order chi connectivity index (χ1) is 17.0. The fourth-order valence-electron chi connectivity index (χ4n) is 3.22. The number of nitrogens with one attached hydrogen (secondary N) is 2. The lowest BCUT2D eigenvalue weighted by Gasteiger charge is -2.11. The number of Topliss-reactive ketones (excluding diaryl/α,β-unsaturated/α-hetero) is 1. The summed E-state index contributed by atoms with van der Waals surface area (Å²) in [5, 5.41) is 2.48. The minimum absolute atomic E-state index is 0.00493. The summed E-state index contributed by atoms with van der Waals surface area (Å²) in [5.41, 5.74) is -0.808. The van der Waals surface area contributed by atoms with Crippen molar-refractivity contribution < 1.29 is 22.8 Å². The zero-order valence-electron chi connectivity index (χ0n) is 18.2. The van der Waals surface area contributed by atoms with E-state index in [1.54, 1.807) is 13.1 Å². The molecule has 0 bridgehead atoms. The van der Waals surface area contributed by atoms with Crippen molar-refractivity contribution in [1.29, 1.82) is 0 Å². The van der Waals surface area contributed by atoms with E-state index in [-0.39, 0.29) is 39.2 Å². The van der Waals surface area contributed by atoms with Crippen LogP contribution in [0.25, 0.3) is 11.5 Å². The van der Waals surface area contributed by atoms with Gasteiger partial charge in [0.25, 0.3) is 5.91 Å². The fraction of sp³-hybridized carbons (Fsp3) is 0.182. The average molecular weight is 555 g/mol. The maximum absolute atomic E-state index is 13.1. The van der Waals surface area contributed by atoms with Gasteiger partial charge in [-0.25, -0.2) is 19.9 Å². The van der Waals surface area contributed by atoms with E-state index >= 15 is 0 Å². The molecule has 0 aliphatic heterocycles. The number of carbonyl (C=O) groups is 2. The number of ketones is 1. The molecule has 0 radical (unpaired) electrons. The van der Waals surface area contributed by atoms with Gasteiger partial charge in [-0.3, -0.25) is 9.59 Å². The van der Waals surface area contributed by atoms with Crippen LogP contribution in [0, 0.1) is 0 Å². The summed E-state index contributed by atoms with van der Waals surface area (Å²) in [6, 6.07) is 3.08. The highest BCUT2D eigenvalue weighted by molar-refractivity contribution is 7.13. The number of hydrogen-bond acceptors (Lipinski definition) is 7. The molecule has 8 nitrogen and oxygen atoms in total. The second-order valence-corrected chi connectivity index (χ2v) is 9.41. The topological polar surface area (TPSA) is 114 Å². The highest BCUT2D eigenvalue weighted by Crippen LogP contribution is 2.36. The van der Waals surface area contributed by atoms with Crippen molar-refractivity contribution in [1.82, 2.24) is 24.9 Å². The van der Waals surface area contributed by atoms with Crippen LogP contribution in [0.2, 0.25) is 10.0 Å². The van der Waals surface area contributed by atoms with Crippen molar-refractivity contribution >= 4 is 51.9 Å². The van der Waals surface area contributed by atoms with Gasteiger partial charge in [-0.1, -0.05) is 30.1 Å². The van der Waals surface area contributed by atoms with Crippen LogP contribution >= 0.6 is 34.5 Å². The van der Waals surface area contributed by atoms with E-state index in [0.717, 1.165) is 23.5 Å². The summed E-state index contributed by atoms with van der Waals surface area (Å²) in [6.07, 6.45) is 0.960. The summed E-state index contributed by atoms with van der Waals surface area (Å²) >= 11 is 13.0. The van der Waals surface area contributed by atoms with Crippen LogP contribution in [0.15, 0.2) is 43.1 Å². The van der Waals surface area contributed by atoms with Crippen molar-refractivity contribution in [2.45, 2.75) is 25.4 Å². The number of imidazole rings is 1. The number of carbonyl (C=O) groups excluding carboxylic acids is 2. The quantitative estimate of drug-likeness (QED) is 0.260. The Hall–Kier alpha value is -3.35. The van der Waals surface area contributed by atoms with Gasteiger partial charge in [0.1, 0.15) is 22.6 Å². The smallest absolute Gasteiger partial charge is 0.343 e. The first kappa shape index (κ1) is 25.7. The highest BCUT2D eigenvalue weighted by atomic mass is 35.5. The molecule has 186 valence electrons. The molecule has 2 N–H and O–H groups in total. The molecule has 1 amide bonds. The SMILES string of the molecule is C[C@@H](CC(=O)c1ncnc(-c2ncc[nH]2)c1Cl)c1ncc(C(=O)Nc2ccc(Cl)c(C(F)(F)F)c2)s1. The molecule has 4 aromatic rings. The van der Waals surface area contributed by atoms with Gasteiger partial charge in [0.05, 0.1) is 26.8 Å². The number of aromatic amines is 1. The standard InChI is InChI=1S/C22H15Cl2F3N6O2S/c1-10(6-14(34)17-16(24)18(32-9-31-17)19-28-4-5-29-19)21-30-8-15(36-21)20(35)33-11-2-3-13(23)12(7-11)22(25,26)27/h2-5,7-10H,6H2,1H3,(H,28,29)(H,33,35)/t10-/m0/s1. The molecule has 0 saturated carbocycles. The minimum Gasteiger partial charge on any atom is -0.343 e. The fourth-order valence-corrected chi connectivity index (χ4v) is 4.60. The number of hydrogen-bond donors (Lipinski definition) is 2. The summed E-state index contributed by atoms with van der Waals surface area (Å²) in [4.78, 5) is 44.8. The van der Waals surface area contributed by atoms with Crippen LogP contribution in [0.5, 0.6) is 0 Å². The third-order valence-electron chi connectivity index (χ3n) is 4.97. The molecule has 1 aromatic carbocycles. The van der Waals surface area contributed by atoms with Gasteiger partial charge < -0.3 is 10.3 Å². The van der Waals surface area contributed by atoms with Crippen LogP contribution in [-0.4, -0.2) is 36.6 Å². The van der Waals surface area contributed by atoms with Crippen LogP contribution in [-0.2, 0) is 6.18 Å². The van der Waals surface area contributed by atoms with Crippen molar-refractivity contribution in [2.75, 3.05) is 5.32 Å². The lowest BCUT2D eigenvalue weighted by Crippen LogP contribution is -2.12. The molecule has 3 heterocycles. The Morgan fingerprint density at radius 3 is 2.64 bits per heavy atom. The number of thiazole rings is 1. The molecule has 0 aliphatic rings. The molecule has 1 atom stereocenters. The predicted octanol–water partition coefficient (Wildman–Crippen LogP) is 6.28. The second kappa shape index (κ2) is 10.3. The zero-order valence-corrected chi connectivity index (χ0v) is 20.6. The summed E-state index contributed by atoms with van der Waals surface area (Å²) in [7, 11) is 0. The Morgan fingerprint density at radius 2 is 1.94 bits per heavy atom. The molecule has 0 fully saturated rings. The van der Waals surface area contributed by atoms with E-state index in [0.29, 0.717) is 10.8 Å². The first-order valence-electron chi connectivity index (χ1n) is 10.2. The first-order valence-corrected chi connectivity index (χ1v) is 11.8. The maximum Gasteiger partial charge on any atom is 0.417 e. The molecular formula is C22H15Cl2F3N6O2S. The average Bonchev–Trinajstić information content (AvgIpc) is 3.52. The maximum atomic E-state index is 13.1. The number of alkyl halides is 3. The largest absolute Gasteiger partial charge is 0.417 e. The van der Waals surface area contributed by atoms with Gasteiger partial charge in [0.2, 0.25) is 0 Å². The zero-order chi connectivity index (χ0) is 26.0. The number of aromatic nitrogens is 5. The Labute approximate surface area is 215 Å². The van der Waals surface area contributed by atoms with Crippen molar-refractivity contribution in [3.63, 3.8) is 0 Å². The van der Waals surface area contributed by atoms with Crippen molar-refractivity contribution in [3.8, 4) is 11.5 Å². The van der Waals surface area contributed by atoms with E-state index in [1.807, 2.05) is 0 Å². The molecule has 0 aliphatic carbocycles. The van der Waals surface area contributed by atoms with Crippen molar-refractivity contribution in [2.24, 2.45) is 0 Å². The summed E-state index contributed by atoms with van der Waals surface area (Å²) in [6.45, 7) is 1.75. The number of H-pyrrole nitrogens is 1. The normalized spacial score (nSPS) is 12.4. The van der Waals surface area contributed by atoms with Crippen LogP contribution in [0.4, 0.5) is 18.9 Å². The predicted molar refractivity (Wildman–Crippen MR) is 129 cm³/mol. The minimum atomic E-state index is -4.66. The molecule has 4 rings (SSSR count). The van der Waals surface area contributed by atoms with E-state index in [1.165, 1.54) is 24.8 Å². The van der Waals surface area contributed by atoms with Crippen LogP contribution in [0.1, 0.15) is 50.0 Å². The Balaban J connectivity index is 1.45. The Morgan fingerprint density at radius 1 is 1.17 bits per heavy atom. The number of anilines is 1. The van der Waals surface area contributed by atoms with Gasteiger partial charge in [-0.2, -0.15) is 13.2 Å². The Bertz CT molecular complexity index is 1430. The molecule has 0 saturated heterocycles. The van der Waals surface area contributed by atoms with E-state index < -0.39 is 28.6 Å². The lowest BCUT2D eigenvalue weighted by atomic mass is 10.0. The lowest BCUT2D eigenvalue weighted by molar-refractivity contribution is -0.137. The van der Waals surface area contributed by atoms with E-state index in [2.05, 4.69) is 30.2 Å². The summed E-state index contributed by atoms with van der Waals surface area (Å²) < 4.78 is 39.2. The highest BCUT2D eigenvalue weighted by Gasteiger charge is 2.33. The van der Waals surface area contributed by atoms with E-state index in [4.69, 9.17) is 23.2 Å². The monoisotopic (exact) mass is 554 g/mol. The molecule has 0 spiro atoms. The van der Waals surface area contributed by atoms with Gasteiger partial charge in [-0.05, 0) is 18.2 Å². The van der Waals surface area contributed by atoms with Gasteiger partial charge >= 0.3 is 6.18 Å². The molecule has 0 unspecified atom stereocenters. The van der Waals surface area contributed by atoms with Crippen LogP contribution < -0.4 is 5.32 Å². The van der Waals surface area contributed by atoms with E-state index in [9.17, 15) is 22.8 Å². The number of amides is 1. The number of halogens is 5. The van der Waals surface area contributed by atoms with Crippen LogP contribution in [0.3, 0.4) is 0 Å². The number of rotatable bonds is 7. The molecular weight excluding hydrogens is 540 g/mol.